The molecule has 4 heteroatoms. The summed E-state index contributed by atoms with van der Waals surface area (Å²) in [6.07, 6.45) is 0.619. The van der Waals surface area contributed by atoms with Crippen LogP contribution in [0.3, 0.4) is 0 Å². The highest BCUT2D eigenvalue weighted by Crippen LogP contribution is 2.23. The summed E-state index contributed by atoms with van der Waals surface area (Å²) in [5, 5.41) is 3.04. The lowest BCUT2D eigenvalue weighted by Gasteiger charge is -2.17. The van der Waals surface area contributed by atoms with Gasteiger partial charge in [-0.1, -0.05) is 24.3 Å². The Morgan fingerprint density at radius 1 is 1.11 bits per heavy atom. The molecule has 1 atom stereocenters. The first-order chi connectivity index (χ1) is 9.11. The highest BCUT2D eigenvalue weighted by atomic mass is 127. The van der Waals surface area contributed by atoms with Crippen LogP contribution in [0.4, 0.5) is 8.78 Å². The second kappa shape index (κ2) is 6.43. The molecule has 1 nitrogen and oxygen atoms in total. The number of hydrogen-bond acceptors (Lipinski definition) is 1. The van der Waals surface area contributed by atoms with E-state index in [4.69, 9.17) is 0 Å². The number of halogens is 3. The van der Waals surface area contributed by atoms with Crippen molar-refractivity contribution in [1.82, 2.24) is 5.32 Å². The van der Waals surface area contributed by atoms with Crippen LogP contribution in [0, 0.1) is 15.2 Å². The normalized spacial score (nSPS) is 12.4. The van der Waals surface area contributed by atoms with E-state index < -0.39 is 11.6 Å². The lowest BCUT2D eigenvalue weighted by Crippen LogP contribution is -2.20. The van der Waals surface area contributed by atoms with Gasteiger partial charge in [-0.2, -0.15) is 0 Å². The molecule has 1 unspecified atom stereocenters. The molecule has 0 saturated carbocycles. The summed E-state index contributed by atoms with van der Waals surface area (Å²) in [7, 11) is 1.75. The van der Waals surface area contributed by atoms with Crippen molar-refractivity contribution in [2.24, 2.45) is 0 Å². The maximum atomic E-state index is 13.8. The molecule has 0 aliphatic heterocycles. The number of nitrogens with one attached hydrogen (secondary N) is 1. The fourth-order valence-corrected chi connectivity index (χ4v) is 2.37. The van der Waals surface area contributed by atoms with Crippen LogP contribution in [-0.4, -0.2) is 7.05 Å². The standard InChI is InChI=1S/C15H14F2IN/c1-19-14(9-10-5-7-11(18)8-6-10)12-3-2-4-13(16)15(12)17/h2-8,14,19H,9H2,1H3. The molecule has 0 aliphatic carbocycles. The molecular weight excluding hydrogens is 359 g/mol. The number of hydrogen-bond donors (Lipinski definition) is 1. The first-order valence-corrected chi connectivity index (χ1v) is 7.05. The minimum Gasteiger partial charge on any atom is -0.313 e. The molecule has 2 rings (SSSR count). The van der Waals surface area contributed by atoms with Gasteiger partial charge >= 0.3 is 0 Å². The van der Waals surface area contributed by atoms with Gasteiger partial charge in [-0.15, -0.1) is 0 Å². The van der Waals surface area contributed by atoms with E-state index in [9.17, 15) is 8.78 Å². The average Bonchev–Trinajstić information content (AvgIpc) is 2.42. The molecule has 0 aliphatic rings. The first kappa shape index (κ1) is 14.4. The number of benzene rings is 2. The Balaban J connectivity index is 2.25. The number of rotatable bonds is 4. The van der Waals surface area contributed by atoms with E-state index in [1.165, 1.54) is 6.07 Å². The largest absolute Gasteiger partial charge is 0.313 e. The zero-order chi connectivity index (χ0) is 13.8. The molecule has 0 bridgehead atoms. The molecule has 0 amide bonds. The third kappa shape index (κ3) is 3.51. The highest BCUT2D eigenvalue weighted by Gasteiger charge is 2.17. The van der Waals surface area contributed by atoms with Gasteiger partial charge in [0.1, 0.15) is 0 Å². The third-order valence-electron chi connectivity index (χ3n) is 3.06. The van der Waals surface area contributed by atoms with E-state index in [1.807, 2.05) is 24.3 Å². The van der Waals surface area contributed by atoms with E-state index in [1.54, 1.807) is 13.1 Å². The van der Waals surface area contributed by atoms with Crippen molar-refractivity contribution < 1.29 is 8.78 Å². The van der Waals surface area contributed by atoms with Crippen LogP contribution in [-0.2, 0) is 6.42 Å². The van der Waals surface area contributed by atoms with Crippen LogP contribution in [0.5, 0.6) is 0 Å². The Bertz CT molecular complexity index is 555. The van der Waals surface area contributed by atoms with Crippen molar-refractivity contribution >= 4 is 22.6 Å². The van der Waals surface area contributed by atoms with Crippen LogP contribution >= 0.6 is 22.6 Å². The molecular formula is C15H14F2IN. The molecule has 0 fully saturated rings. The van der Waals surface area contributed by atoms with E-state index in [0.717, 1.165) is 15.2 Å². The van der Waals surface area contributed by atoms with Gasteiger partial charge in [0.15, 0.2) is 11.6 Å². The highest BCUT2D eigenvalue weighted by molar-refractivity contribution is 14.1. The van der Waals surface area contributed by atoms with E-state index in [2.05, 4.69) is 27.9 Å². The minimum atomic E-state index is -0.805. The van der Waals surface area contributed by atoms with Gasteiger partial charge in [-0.25, -0.2) is 8.78 Å². The SMILES string of the molecule is CNC(Cc1ccc(I)cc1)c1cccc(F)c1F. The lowest BCUT2D eigenvalue weighted by atomic mass is 9.98. The molecule has 0 radical (unpaired) electrons. The van der Waals surface area contributed by atoms with Crippen molar-refractivity contribution in [3.63, 3.8) is 0 Å². The predicted octanol–water partition coefficient (Wildman–Crippen LogP) is 4.07. The van der Waals surface area contributed by atoms with Gasteiger partial charge in [0.25, 0.3) is 0 Å². The zero-order valence-electron chi connectivity index (χ0n) is 10.5. The van der Waals surface area contributed by atoms with Crippen LogP contribution in [0.25, 0.3) is 0 Å². The molecule has 0 heterocycles. The van der Waals surface area contributed by atoms with Crippen molar-refractivity contribution in [3.8, 4) is 0 Å². The molecule has 0 aromatic heterocycles. The topological polar surface area (TPSA) is 12.0 Å². The van der Waals surface area contributed by atoms with Gasteiger partial charge in [-0.05, 0) is 59.8 Å². The zero-order valence-corrected chi connectivity index (χ0v) is 12.6. The summed E-state index contributed by atoms with van der Waals surface area (Å²) in [4.78, 5) is 0. The molecule has 1 N–H and O–H groups in total. The van der Waals surface area contributed by atoms with Gasteiger partial charge in [0, 0.05) is 15.2 Å². The Morgan fingerprint density at radius 3 is 2.42 bits per heavy atom. The quantitative estimate of drug-likeness (QED) is 0.797. The smallest absolute Gasteiger partial charge is 0.163 e. The summed E-state index contributed by atoms with van der Waals surface area (Å²) in [5.41, 5.74) is 1.45. The summed E-state index contributed by atoms with van der Waals surface area (Å²) >= 11 is 2.24. The van der Waals surface area contributed by atoms with Crippen molar-refractivity contribution in [3.05, 3.63) is 68.8 Å². The fourth-order valence-electron chi connectivity index (χ4n) is 2.01. The molecule has 2 aromatic carbocycles. The maximum Gasteiger partial charge on any atom is 0.163 e. The summed E-state index contributed by atoms with van der Waals surface area (Å²) in [6.45, 7) is 0. The van der Waals surface area contributed by atoms with Crippen molar-refractivity contribution in [1.29, 1.82) is 0 Å². The van der Waals surface area contributed by atoms with E-state index >= 15 is 0 Å². The van der Waals surface area contributed by atoms with Crippen molar-refractivity contribution in [2.45, 2.75) is 12.5 Å². The molecule has 100 valence electrons. The second-order valence-corrected chi connectivity index (χ2v) is 5.56. The third-order valence-corrected chi connectivity index (χ3v) is 3.78. The number of likely N-dealkylation sites (N-methyl/N-ethyl adjacent to an activating group) is 1. The molecule has 2 aromatic rings. The van der Waals surface area contributed by atoms with Crippen LogP contribution < -0.4 is 5.32 Å². The molecule has 19 heavy (non-hydrogen) atoms. The Hall–Kier alpha value is -1.01. The van der Waals surface area contributed by atoms with Gasteiger partial charge in [0.05, 0.1) is 0 Å². The second-order valence-electron chi connectivity index (χ2n) is 4.31. The van der Waals surface area contributed by atoms with Crippen LogP contribution in [0.1, 0.15) is 17.2 Å². The fraction of sp³-hybridized carbons (Fsp3) is 0.200. The maximum absolute atomic E-state index is 13.8. The average molecular weight is 373 g/mol. The monoisotopic (exact) mass is 373 g/mol. The van der Waals surface area contributed by atoms with E-state index in [-0.39, 0.29) is 6.04 Å². The lowest BCUT2D eigenvalue weighted by molar-refractivity contribution is 0.473. The van der Waals surface area contributed by atoms with Crippen molar-refractivity contribution in [2.75, 3.05) is 7.05 Å². The predicted molar refractivity (Wildman–Crippen MR) is 81.0 cm³/mol. The van der Waals surface area contributed by atoms with Gasteiger partial charge in [0.2, 0.25) is 0 Å². The Labute approximate surface area is 125 Å². The summed E-state index contributed by atoms with van der Waals surface area (Å²) in [5.74, 6) is -1.58. The molecule has 0 saturated heterocycles. The van der Waals surface area contributed by atoms with Gasteiger partial charge < -0.3 is 5.32 Å². The van der Waals surface area contributed by atoms with Crippen LogP contribution in [0.2, 0.25) is 0 Å². The Kier molecular flexibility index (Phi) is 4.87. The van der Waals surface area contributed by atoms with E-state index in [0.29, 0.717) is 12.0 Å². The Morgan fingerprint density at radius 2 is 1.79 bits per heavy atom. The summed E-state index contributed by atoms with van der Waals surface area (Å²) in [6, 6.07) is 12.1. The minimum absolute atomic E-state index is 0.240. The molecule has 0 spiro atoms. The van der Waals surface area contributed by atoms with Crippen LogP contribution in [0.15, 0.2) is 42.5 Å². The summed E-state index contributed by atoms with van der Waals surface area (Å²) < 4.78 is 28.2. The van der Waals surface area contributed by atoms with Gasteiger partial charge in [-0.3, -0.25) is 0 Å². The first-order valence-electron chi connectivity index (χ1n) is 5.97.